The van der Waals surface area contributed by atoms with Gasteiger partial charge in [0.1, 0.15) is 0 Å². The van der Waals surface area contributed by atoms with Crippen molar-refractivity contribution in [3.8, 4) is 0 Å². The molecule has 0 saturated carbocycles. The Kier molecular flexibility index (Phi) is 6.71. The lowest BCUT2D eigenvalue weighted by Gasteiger charge is -2.29. The number of carbonyl (C=O) groups excluding carboxylic acids is 3. The van der Waals surface area contributed by atoms with E-state index in [4.69, 9.17) is 4.74 Å². The molecule has 1 unspecified atom stereocenters. The fourth-order valence-electron chi connectivity index (χ4n) is 4.95. The second-order valence-corrected chi connectivity index (χ2v) is 9.25. The van der Waals surface area contributed by atoms with E-state index < -0.39 is 0 Å². The molecule has 3 aliphatic rings. The zero-order valence-corrected chi connectivity index (χ0v) is 19.2. The van der Waals surface area contributed by atoms with Gasteiger partial charge in [-0.05, 0) is 40.8 Å². The van der Waals surface area contributed by atoms with Crippen molar-refractivity contribution in [3.05, 3.63) is 70.3 Å². The highest BCUT2D eigenvalue weighted by Crippen LogP contribution is 2.28. The quantitative estimate of drug-likeness (QED) is 0.634. The number of nitrogens with zero attached hydrogens (tertiary/aromatic N) is 2. The number of nitrogens with one attached hydrogen (secondary N) is 2. The molecule has 3 amide bonds. The van der Waals surface area contributed by atoms with Gasteiger partial charge in [-0.25, -0.2) is 0 Å². The molecule has 1 atom stereocenters. The number of benzene rings is 2. The highest BCUT2D eigenvalue weighted by molar-refractivity contribution is 6.00. The van der Waals surface area contributed by atoms with Crippen LogP contribution in [-0.4, -0.2) is 59.9 Å². The molecule has 2 fully saturated rings. The van der Waals surface area contributed by atoms with Crippen molar-refractivity contribution in [1.82, 2.24) is 20.4 Å². The Labute approximate surface area is 199 Å². The van der Waals surface area contributed by atoms with E-state index in [1.165, 1.54) is 11.1 Å². The van der Waals surface area contributed by atoms with E-state index in [-0.39, 0.29) is 23.8 Å². The summed E-state index contributed by atoms with van der Waals surface area (Å²) in [5.74, 6) is -0.482. The smallest absolute Gasteiger partial charge is 0.251 e. The Morgan fingerprint density at radius 2 is 1.85 bits per heavy atom. The monoisotopic (exact) mass is 462 g/mol. The SMILES string of the molecule is O=C1CCC(N2Cc3ccc(CNC(=O)c4cccc(CN5CCOCC5)c4)cc3C2)C(=O)N1. The number of piperidine rings is 1. The highest BCUT2D eigenvalue weighted by Gasteiger charge is 2.34. The Morgan fingerprint density at radius 1 is 1.03 bits per heavy atom. The van der Waals surface area contributed by atoms with Crippen LogP contribution in [0.5, 0.6) is 0 Å². The average molecular weight is 463 g/mol. The first kappa shape index (κ1) is 22.7. The number of morpholine rings is 1. The van der Waals surface area contributed by atoms with Crippen molar-refractivity contribution < 1.29 is 19.1 Å². The molecule has 34 heavy (non-hydrogen) atoms. The molecule has 2 saturated heterocycles. The van der Waals surface area contributed by atoms with Crippen molar-refractivity contribution >= 4 is 17.7 Å². The summed E-state index contributed by atoms with van der Waals surface area (Å²) in [5.41, 5.74) is 5.18. The van der Waals surface area contributed by atoms with Gasteiger partial charge in [-0.2, -0.15) is 0 Å². The van der Waals surface area contributed by atoms with Crippen molar-refractivity contribution in [3.63, 3.8) is 0 Å². The van der Waals surface area contributed by atoms with Crippen LogP contribution in [0.2, 0.25) is 0 Å². The Bertz CT molecular complexity index is 1100. The minimum atomic E-state index is -0.266. The number of fused-ring (bicyclic) bond motifs is 1. The van der Waals surface area contributed by atoms with Gasteiger partial charge in [0, 0.05) is 51.3 Å². The molecular formula is C26H30N4O4. The summed E-state index contributed by atoms with van der Waals surface area (Å²) in [4.78, 5) is 40.9. The van der Waals surface area contributed by atoms with Crippen LogP contribution in [0, 0.1) is 0 Å². The third-order valence-corrected chi connectivity index (χ3v) is 6.82. The zero-order chi connectivity index (χ0) is 23.5. The Morgan fingerprint density at radius 3 is 2.68 bits per heavy atom. The molecule has 3 aliphatic heterocycles. The van der Waals surface area contributed by atoms with E-state index in [2.05, 4.69) is 38.6 Å². The number of carbonyl (C=O) groups is 3. The molecule has 3 heterocycles. The summed E-state index contributed by atoms with van der Waals surface area (Å²) in [6, 6.07) is 13.7. The number of imide groups is 1. The van der Waals surface area contributed by atoms with Crippen molar-refractivity contribution in [2.45, 2.75) is 45.1 Å². The molecule has 2 aromatic rings. The van der Waals surface area contributed by atoms with Gasteiger partial charge in [-0.1, -0.05) is 30.3 Å². The summed E-state index contributed by atoms with van der Waals surface area (Å²) in [6.45, 7) is 5.97. The van der Waals surface area contributed by atoms with Crippen LogP contribution in [0.4, 0.5) is 0 Å². The summed E-state index contributed by atoms with van der Waals surface area (Å²) < 4.78 is 5.41. The van der Waals surface area contributed by atoms with Crippen LogP contribution in [0.15, 0.2) is 42.5 Å². The van der Waals surface area contributed by atoms with E-state index in [1.807, 2.05) is 24.3 Å². The van der Waals surface area contributed by atoms with Gasteiger partial charge in [0.2, 0.25) is 11.8 Å². The number of hydrogen-bond donors (Lipinski definition) is 2. The zero-order valence-electron chi connectivity index (χ0n) is 19.2. The number of hydrogen-bond acceptors (Lipinski definition) is 6. The molecular weight excluding hydrogens is 432 g/mol. The first-order chi connectivity index (χ1) is 16.5. The maximum atomic E-state index is 12.8. The predicted molar refractivity (Wildman–Crippen MR) is 126 cm³/mol. The lowest BCUT2D eigenvalue weighted by Crippen LogP contribution is -2.50. The average Bonchev–Trinajstić information content (AvgIpc) is 3.26. The molecule has 0 bridgehead atoms. The van der Waals surface area contributed by atoms with Crippen LogP contribution in [-0.2, 0) is 40.5 Å². The highest BCUT2D eigenvalue weighted by atomic mass is 16.5. The maximum Gasteiger partial charge on any atom is 0.251 e. The summed E-state index contributed by atoms with van der Waals surface area (Å²) in [7, 11) is 0. The van der Waals surface area contributed by atoms with Crippen molar-refractivity contribution in [2.75, 3.05) is 26.3 Å². The molecule has 5 rings (SSSR count). The topological polar surface area (TPSA) is 91.0 Å². The van der Waals surface area contributed by atoms with Gasteiger partial charge in [-0.3, -0.25) is 29.5 Å². The summed E-state index contributed by atoms with van der Waals surface area (Å²) in [5, 5.41) is 5.48. The molecule has 0 radical (unpaired) electrons. The Balaban J connectivity index is 1.17. The molecule has 0 aliphatic carbocycles. The fraction of sp³-hybridized carbons (Fsp3) is 0.423. The number of ether oxygens (including phenoxy) is 1. The first-order valence-electron chi connectivity index (χ1n) is 11.9. The third-order valence-electron chi connectivity index (χ3n) is 6.82. The molecule has 2 aromatic carbocycles. The van der Waals surface area contributed by atoms with Gasteiger partial charge < -0.3 is 10.1 Å². The second-order valence-electron chi connectivity index (χ2n) is 9.25. The molecule has 178 valence electrons. The van der Waals surface area contributed by atoms with Crippen LogP contribution < -0.4 is 10.6 Å². The fourth-order valence-corrected chi connectivity index (χ4v) is 4.95. The Hall–Kier alpha value is -3.07. The van der Waals surface area contributed by atoms with E-state index in [0.717, 1.165) is 44.0 Å². The van der Waals surface area contributed by atoms with Crippen molar-refractivity contribution in [1.29, 1.82) is 0 Å². The summed E-state index contributed by atoms with van der Waals surface area (Å²) >= 11 is 0. The maximum absolute atomic E-state index is 12.8. The number of rotatable bonds is 6. The normalized spacial score (nSPS) is 21.2. The van der Waals surface area contributed by atoms with Gasteiger partial charge in [0.05, 0.1) is 19.3 Å². The minimum absolute atomic E-state index is 0.0884. The summed E-state index contributed by atoms with van der Waals surface area (Å²) in [6.07, 6.45) is 0.945. The van der Waals surface area contributed by atoms with Crippen LogP contribution in [0.3, 0.4) is 0 Å². The third kappa shape index (κ3) is 5.19. The van der Waals surface area contributed by atoms with Crippen LogP contribution >= 0.6 is 0 Å². The number of amides is 3. The molecule has 8 nitrogen and oxygen atoms in total. The van der Waals surface area contributed by atoms with Gasteiger partial charge in [-0.15, -0.1) is 0 Å². The van der Waals surface area contributed by atoms with Gasteiger partial charge in [0.15, 0.2) is 0 Å². The standard InChI is InChI=1S/C26H30N4O4/c31-24-7-6-23(26(33)28-24)30-16-21-5-4-18(12-22(21)17-30)14-27-25(32)20-3-1-2-19(13-20)15-29-8-10-34-11-9-29/h1-5,12-13,23H,6-11,14-17H2,(H,27,32)(H,28,31,33). The largest absolute Gasteiger partial charge is 0.379 e. The first-order valence-corrected chi connectivity index (χ1v) is 11.9. The van der Waals surface area contributed by atoms with E-state index in [0.29, 0.717) is 38.0 Å². The van der Waals surface area contributed by atoms with Crippen LogP contribution in [0.25, 0.3) is 0 Å². The van der Waals surface area contributed by atoms with Gasteiger partial charge in [0.25, 0.3) is 5.91 Å². The molecule has 0 spiro atoms. The molecule has 8 heteroatoms. The van der Waals surface area contributed by atoms with E-state index in [9.17, 15) is 14.4 Å². The molecule has 2 N–H and O–H groups in total. The van der Waals surface area contributed by atoms with E-state index >= 15 is 0 Å². The predicted octanol–water partition coefficient (Wildman–Crippen LogP) is 1.57. The second kappa shape index (κ2) is 10.0. The van der Waals surface area contributed by atoms with Gasteiger partial charge >= 0.3 is 0 Å². The minimum Gasteiger partial charge on any atom is -0.379 e. The van der Waals surface area contributed by atoms with Crippen molar-refractivity contribution in [2.24, 2.45) is 0 Å². The molecule has 0 aromatic heterocycles. The lowest BCUT2D eigenvalue weighted by atomic mass is 10.0. The lowest BCUT2D eigenvalue weighted by molar-refractivity contribution is -0.137. The van der Waals surface area contributed by atoms with Crippen LogP contribution in [0.1, 0.15) is 45.5 Å². The van der Waals surface area contributed by atoms with E-state index in [1.54, 1.807) is 0 Å².